The molecular weight excluding hydrogens is 400 g/mol. The molecule has 0 aliphatic carbocycles. The number of nitrogens with zero attached hydrogens (tertiary/aromatic N) is 3. The Balaban J connectivity index is 1.25. The Hall–Kier alpha value is -2.58. The number of likely N-dealkylation sites (tertiary alicyclic amines) is 1. The molecule has 2 fully saturated rings. The summed E-state index contributed by atoms with van der Waals surface area (Å²) in [6.45, 7) is 3.44. The molecule has 30 heavy (non-hydrogen) atoms. The SMILES string of the molecule is O=C1CCC(N2Cc3cc(C4CCN(Cc5cscn5)CC4)ccc3C2=O)C(=O)N1. The number of thiazole rings is 1. The number of hydrogen-bond donors (Lipinski definition) is 1. The van der Waals surface area contributed by atoms with E-state index in [2.05, 4.69) is 32.7 Å². The minimum absolute atomic E-state index is 0.107. The Labute approximate surface area is 179 Å². The van der Waals surface area contributed by atoms with Crippen molar-refractivity contribution in [3.63, 3.8) is 0 Å². The van der Waals surface area contributed by atoms with Crippen LogP contribution in [0.15, 0.2) is 29.1 Å². The molecule has 1 N–H and O–H groups in total. The predicted molar refractivity (Wildman–Crippen MR) is 112 cm³/mol. The number of imide groups is 1. The first kappa shape index (κ1) is 19.4. The Bertz CT molecular complexity index is 982. The molecule has 5 rings (SSSR count). The second-order valence-corrected chi connectivity index (χ2v) is 9.07. The maximum atomic E-state index is 12.9. The largest absolute Gasteiger partial charge is 0.322 e. The zero-order valence-electron chi connectivity index (χ0n) is 16.7. The number of piperidine rings is 2. The van der Waals surface area contributed by atoms with E-state index in [9.17, 15) is 14.4 Å². The average molecular weight is 425 g/mol. The molecule has 3 aliphatic heterocycles. The lowest BCUT2D eigenvalue weighted by atomic mass is 9.88. The highest BCUT2D eigenvalue weighted by molar-refractivity contribution is 7.07. The van der Waals surface area contributed by atoms with E-state index in [1.165, 1.54) is 5.56 Å². The molecule has 8 heteroatoms. The monoisotopic (exact) mass is 424 g/mol. The van der Waals surface area contributed by atoms with E-state index in [4.69, 9.17) is 0 Å². The molecule has 1 unspecified atom stereocenters. The van der Waals surface area contributed by atoms with Gasteiger partial charge in [-0.15, -0.1) is 11.3 Å². The van der Waals surface area contributed by atoms with E-state index in [0.29, 0.717) is 24.4 Å². The summed E-state index contributed by atoms with van der Waals surface area (Å²) in [7, 11) is 0. The van der Waals surface area contributed by atoms with Gasteiger partial charge in [-0.25, -0.2) is 4.98 Å². The van der Waals surface area contributed by atoms with E-state index in [1.54, 1.807) is 16.2 Å². The third kappa shape index (κ3) is 3.65. The first-order valence-electron chi connectivity index (χ1n) is 10.5. The summed E-state index contributed by atoms with van der Waals surface area (Å²) >= 11 is 1.64. The van der Waals surface area contributed by atoms with Gasteiger partial charge in [0.15, 0.2) is 0 Å². The normalized spacial score (nSPS) is 23.0. The molecule has 0 spiro atoms. The van der Waals surface area contributed by atoms with Gasteiger partial charge in [0.1, 0.15) is 6.04 Å². The van der Waals surface area contributed by atoms with Crippen LogP contribution in [0.25, 0.3) is 0 Å². The first-order valence-corrected chi connectivity index (χ1v) is 11.4. The van der Waals surface area contributed by atoms with Crippen LogP contribution in [-0.2, 0) is 22.7 Å². The number of nitrogens with one attached hydrogen (secondary N) is 1. The topological polar surface area (TPSA) is 82.6 Å². The van der Waals surface area contributed by atoms with Crippen molar-refractivity contribution < 1.29 is 14.4 Å². The molecular formula is C22H24N4O3S. The Kier molecular flexibility index (Phi) is 5.12. The summed E-state index contributed by atoms with van der Waals surface area (Å²) in [5.41, 5.74) is 5.98. The van der Waals surface area contributed by atoms with Crippen molar-refractivity contribution in [2.24, 2.45) is 0 Å². The Morgan fingerprint density at radius 3 is 2.70 bits per heavy atom. The van der Waals surface area contributed by atoms with Crippen LogP contribution in [0.2, 0.25) is 0 Å². The number of fused-ring (bicyclic) bond motifs is 1. The molecule has 156 valence electrons. The maximum Gasteiger partial charge on any atom is 0.255 e. The van der Waals surface area contributed by atoms with Crippen LogP contribution in [0.5, 0.6) is 0 Å². The van der Waals surface area contributed by atoms with Gasteiger partial charge in [-0.2, -0.15) is 0 Å². The van der Waals surface area contributed by atoms with E-state index in [0.717, 1.165) is 43.7 Å². The zero-order valence-corrected chi connectivity index (χ0v) is 17.5. The number of amides is 3. The third-order valence-corrected chi connectivity index (χ3v) is 7.11. The van der Waals surface area contributed by atoms with Gasteiger partial charge in [0, 0.05) is 30.5 Å². The lowest BCUT2D eigenvalue weighted by molar-refractivity contribution is -0.136. The lowest BCUT2D eigenvalue weighted by Gasteiger charge is -2.31. The van der Waals surface area contributed by atoms with Crippen molar-refractivity contribution in [1.82, 2.24) is 20.1 Å². The van der Waals surface area contributed by atoms with Gasteiger partial charge >= 0.3 is 0 Å². The van der Waals surface area contributed by atoms with Crippen LogP contribution in [0.3, 0.4) is 0 Å². The second kappa shape index (κ2) is 7.92. The van der Waals surface area contributed by atoms with Crippen molar-refractivity contribution in [3.8, 4) is 0 Å². The molecule has 1 atom stereocenters. The number of carbonyl (C=O) groups excluding carboxylic acids is 3. The number of benzene rings is 1. The smallest absolute Gasteiger partial charge is 0.255 e. The molecule has 0 bridgehead atoms. The predicted octanol–water partition coefficient (Wildman–Crippen LogP) is 2.28. The third-order valence-electron chi connectivity index (χ3n) is 6.48. The molecule has 4 heterocycles. The standard InChI is InChI=1S/C22H24N4O3S/c27-20-4-3-19(21(28)24-20)26-10-16-9-15(1-2-18(16)22(26)29)14-5-7-25(8-6-14)11-17-12-30-13-23-17/h1-2,9,12-14,19H,3-8,10-11H2,(H,24,27,28). The van der Waals surface area contributed by atoms with E-state index >= 15 is 0 Å². The van der Waals surface area contributed by atoms with E-state index in [-0.39, 0.29) is 24.1 Å². The molecule has 1 aromatic heterocycles. The molecule has 7 nitrogen and oxygen atoms in total. The van der Waals surface area contributed by atoms with Crippen LogP contribution in [0, 0.1) is 0 Å². The highest BCUT2D eigenvalue weighted by Crippen LogP contribution is 2.33. The summed E-state index contributed by atoms with van der Waals surface area (Å²) in [6.07, 6.45) is 2.86. The maximum absolute atomic E-state index is 12.9. The fraction of sp³-hybridized carbons (Fsp3) is 0.455. The minimum Gasteiger partial charge on any atom is -0.322 e. The highest BCUT2D eigenvalue weighted by atomic mass is 32.1. The summed E-state index contributed by atoms with van der Waals surface area (Å²) in [4.78, 5) is 44.9. The van der Waals surface area contributed by atoms with Crippen LogP contribution in [0.4, 0.5) is 0 Å². The van der Waals surface area contributed by atoms with Crippen molar-refractivity contribution >= 4 is 29.1 Å². The molecule has 2 saturated heterocycles. The van der Waals surface area contributed by atoms with Crippen molar-refractivity contribution in [2.45, 2.75) is 50.7 Å². The Morgan fingerprint density at radius 1 is 1.13 bits per heavy atom. The molecule has 3 amide bonds. The summed E-state index contributed by atoms with van der Waals surface area (Å²) < 4.78 is 0. The van der Waals surface area contributed by atoms with Gasteiger partial charge in [-0.05, 0) is 55.5 Å². The van der Waals surface area contributed by atoms with Crippen molar-refractivity contribution in [3.05, 3.63) is 51.5 Å². The minimum atomic E-state index is -0.556. The van der Waals surface area contributed by atoms with Crippen LogP contribution >= 0.6 is 11.3 Å². The van der Waals surface area contributed by atoms with Gasteiger partial charge in [0.05, 0.1) is 11.2 Å². The summed E-state index contributed by atoms with van der Waals surface area (Å²) in [5, 5.41) is 4.47. The van der Waals surface area contributed by atoms with Crippen molar-refractivity contribution in [1.29, 1.82) is 0 Å². The van der Waals surface area contributed by atoms with E-state index < -0.39 is 6.04 Å². The highest BCUT2D eigenvalue weighted by Gasteiger charge is 2.39. The molecule has 0 radical (unpaired) electrons. The molecule has 3 aliphatic rings. The van der Waals surface area contributed by atoms with Gasteiger partial charge in [-0.3, -0.25) is 24.6 Å². The fourth-order valence-corrected chi connectivity index (χ4v) is 5.37. The lowest BCUT2D eigenvalue weighted by Crippen LogP contribution is -2.52. The van der Waals surface area contributed by atoms with Crippen LogP contribution in [0.1, 0.15) is 58.8 Å². The molecule has 1 aromatic carbocycles. The Morgan fingerprint density at radius 2 is 1.97 bits per heavy atom. The quantitative estimate of drug-likeness (QED) is 0.762. The fourth-order valence-electron chi connectivity index (χ4n) is 4.82. The van der Waals surface area contributed by atoms with Crippen LogP contribution in [-0.4, -0.2) is 51.6 Å². The number of carbonyl (C=O) groups is 3. The number of hydrogen-bond acceptors (Lipinski definition) is 6. The molecule has 2 aromatic rings. The van der Waals surface area contributed by atoms with E-state index in [1.807, 2.05) is 11.6 Å². The summed E-state index contributed by atoms with van der Waals surface area (Å²) in [6, 6.07) is 5.59. The average Bonchev–Trinajstić information content (AvgIpc) is 3.36. The van der Waals surface area contributed by atoms with Crippen molar-refractivity contribution in [2.75, 3.05) is 13.1 Å². The van der Waals surface area contributed by atoms with Gasteiger partial charge in [-0.1, -0.05) is 12.1 Å². The summed E-state index contributed by atoms with van der Waals surface area (Å²) in [5.74, 6) is -0.241. The van der Waals surface area contributed by atoms with Crippen LogP contribution < -0.4 is 5.32 Å². The van der Waals surface area contributed by atoms with Gasteiger partial charge in [0.25, 0.3) is 5.91 Å². The number of aromatic nitrogens is 1. The number of rotatable bonds is 4. The van der Waals surface area contributed by atoms with Gasteiger partial charge < -0.3 is 4.90 Å². The van der Waals surface area contributed by atoms with Gasteiger partial charge in [0.2, 0.25) is 11.8 Å². The zero-order chi connectivity index (χ0) is 20.7. The first-order chi connectivity index (χ1) is 14.6. The molecule has 0 saturated carbocycles. The second-order valence-electron chi connectivity index (χ2n) is 8.35.